The highest BCUT2D eigenvalue weighted by atomic mass is 32.1. The van der Waals surface area contributed by atoms with Crippen LogP contribution < -0.4 is 16.4 Å². The fourth-order valence-corrected chi connectivity index (χ4v) is 7.30. The molecule has 1 aliphatic rings. The number of phosphoric acid groups is 3. The number of nitrogens with two attached hydrogens (primary N) is 1. The zero-order valence-electron chi connectivity index (χ0n) is 27.0. The number of hydrogen-bond donors (Lipinski definition) is 10. The lowest BCUT2D eigenvalue weighted by Crippen LogP contribution is -2.46. The number of nitrogens with zero attached hydrogens (tertiary/aromatic N) is 4. The maximum absolute atomic E-state index is 12.6. The topological polar surface area (TPSA) is 364 Å². The number of nitrogens with one attached hydrogen (secondary N) is 2. The van der Waals surface area contributed by atoms with Crippen LogP contribution in [0.3, 0.4) is 0 Å². The predicted octanol–water partition coefficient (Wildman–Crippen LogP) is -1.46. The summed E-state index contributed by atoms with van der Waals surface area (Å²) in [5.41, 5.74) is 4.04. The summed E-state index contributed by atoms with van der Waals surface area (Å²) >= 11 is 3.95. The molecule has 0 radical (unpaired) electrons. The predicted molar refractivity (Wildman–Crippen MR) is 173 cm³/mol. The minimum absolute atomic E-state index is 0.0456. The normalized spacial score (nSPS) is 22.6. The van der Waals surface area contributed by atoms with Gasteiger partial charge in [-0.25, -0.2) is 28.6 Å². The molecule has 2 aromatic heterocycles. The monoisotopic (exact) mass is 809 g/mol. The SMILES string of the molecule is CC(=O)c1nc(N)c2ncn([C@@H]3O[C@H](COP(=O)(O)OP(=O)(O)OCC(C)(C)C(O)C(=O)NCCC(=O)NCCS)[C@@H](OP(=O)(O)O)[C@H]3O)c2n1. The van der Waals surface area contributed by atoms with E-state index in [9.17, 15) is 57.9 Å². The summed E-state index contributed by atoms with van der Waals surface area (Å²) in [6.07, 6.45) is -8.30. The van der Waals surface area contributed by atoms with Gasteiger partial charge in [-0.05, 0) is 0 Å². The van der Waals surface area contributed by atoms with Crippen molar-refractivity contribution in [2.45, 2.75) is 57.8 Å². The summed E-state index contributed by atoms with van der Waals surface area (Å²) in [6, 6.07) is 0. The van der Waals surface area contributed by atoms with Gasteiger partial charge in [0.25, 0.3) is 0 Å². The van der Waals surface area contributed by atoms with E-state index in [0.29, 0.717) is 12.3 Å². The Kier molecular flexibility index (Phi) is 14.4. The molecule has 51 heavy (non-hydrogen) atoms. The first-order valence-corrected chi connectivity index (χ1v) is 19.7. The number of anilines is 1. The Balaban J connectivity index is 1.66. The van der Waals surface area contributed by atoms with Crippen molar-refractivity contribution >= 4 is 70.7 Å². The molecule has 0 saturated carbocycles. The number of carbonyl (C=O) groups excluding carboxylic acids is 3. The molecule has 1 saturated heterocycles. The lowest BCUT2D eigenvalue weighted by molar-refractivity contribution is -0.137. The molecule has 24 nitrogen and oxygen atoms in total. The molecule has 3 rings (SSSR count). The van der Waals surface area contributed by atoms with Gasteiger partial charge in [0, 0.05) is 37.6 Å². The van der Waals surface area contributed by atoms with Crippen LogP contribution in [0, 0.1) is 5.41 Å². The number of rotatable bonds is 19. The Bertz CT molecular complexity index is 1740. The Morgan fingerprint density at radius 2 is 1.75 bits per heavy atom. The van der Waals surface area contributed by atoms with Gasteiger partial charge in [-0.15, -0.1) is 0 Å². The maximum atomic E-state index is 12.6. The summed E-state index contributed by atoms with van der Waals surface area (Å²) in [5.74, 6) is -2.10. The number of Topliss-reactive ketones (excluding diaryl/α,β-unsaturated/α-hetero) is 1. The van der Waals surface area contributed by atoms with E-state index in [0.717, 1.165) is 17.8 Å². The second-order valence-electron chi connectivity index (χ2n) is 11.5. The van der Waals surface area contributed by atoms with Gasteiger partial charge in [0.15, 0.2) is 29.3 Å². The van der Waals surface area contributed by atoms with Crippen molar-refractivity contribution in [1.82, 2.24) is 30.2 Å². The van der Waals surface area contributed by atoms with E-state index in [1.807, 2.05) is 0 Å². The number of thiol groups is 1. The molecule has 288 valence electrons. The van der Waals surface area contributed by atoms with Crippen LogP contribution in [0.25, 0.3) is 11.2 Å². The molecule has 28 heteroatoms. The number of aliphatic hydroxyl groups is 2. The van der Waals surface area contributed by atoms with Gasteiger partial charge in [0.05, 0.1) is 19.5 Å². The number of ether oxygens (including phenoxy) is 1. The fraction of sp³-hybridized carbons (Fsp3) is 0.652. The molecule has 7 atom stereocenters. The van der Waals surface area contributed by atoms with E-state index in [1.165, 1.54) is 13.8 Å². The summed E-state index contributed by atoms with van der Waals surface area (Å²) < 4.78 is 61.8. The van der Waals surface area contributed by atoms with Crippen LogP contribution in [0.15, 0.2) is 6.33 Å². The van der Waals surface area contributed by atoms with Gasteiger partial charge in [0.1, 0.15) is 29.9 Å². The van der Waals surface area contributed by atoms with E-state index >= 15 is 0 Å². The zero-order chi connectivity index (χ0) is 38.5. The Labute approximate surface area is 294 Å². The minimum atomic E-state index is -5.59. The molecule has 0 bridgehead atoms. The Morgan fingerprint density at radius 1 is 1.10 bits per heavy atom. The smallest absolute Gasteiger partial charge is 0.386 e. The molecular formula is C23H38N7O17P3S. The highest BCUT2D eigenvalue weighted by Gasteiger charge is 2.50. The van der Waals surface area contributed by atoms with Crippen LogP contribution in [-0.2, 0) is 45.9 Å². The first-order valence-electron chi connectivity index (χ1n) is 14.5. The molecule has 1 fully saturated rings. The largest absolute Gasteiger partial charge is 0.481 e. The van der Waals surface area contributed by atoms with Crippen molar-refractivity contribution in [1.29, 1.82) is 0 Å². The summed E-state index contributed by atoms with van der Waals surface area (Å²) in [4.78, 5) is 86.8. The van der Waals surface area contributed by atoms with Crippen molar-refractivity contribution < 1.29 is 80.5 Å². The number of aliphatic hydroxyl groups excluding tert-OH is 2. The summed E-state index contributed by atoms with van der Waals surface area (Å²) in [5, 5.41) is 26.2. The van der Waals surface area contributed by atoms with Crippen LogP contribution in [-0.4, -0.2) is 123 Å². The van der Waals surface area contributed by atoms with E-state index in [4.69, 9.17) is 19.5 Å². The van der Waals surface area contributed by atoms with Crippen LogP contribution in [0.1, 0.15) is 44.0 Å². The van der Waals surface area contributed by atoms with Gasteiger partial charge in [-0.2, -0.15) is 16.9 Å². The Hall–Kier alpha value is -2.44. The van der Waals surface area contributed by atoms with Crippen molar-refractivity contribution in [2.24, 2.45) is 5.41 Å². The minimum Gasteiger partial charge on any atom is -0.386 e. The lowest BCUT2D eigenvalue weighted by Gasteiger charge is -2.30. The van der Waals surface area contributed by atoms with Crippen molar-refractivity contribution in [3.63, 3.8) is 0 Å². The van der Waals surface area contributed by atoms with Gasteiger partial charge in [-0.1, -0.05) is 13.8 Å². The van der Waals surface area contributed by atoms with Crippen LogP contribution in [0.4, 0.5) is 5.82 Å². The number of hydrogen-bond acceptors (Lipinski definition) is 18. The molecule has 2 aromatic rings. The quantitative estimate of drug-likeness (QED) is 0.0440. The molecule has 0 aliphatic carbocycles. The van der Waals surface area contributed by atoms with Crippen LogP contribution >= 0.6 is 36.1 Å². The highest BCUT2D eigenvalue weighted by molar-refractivity contribution is 7.80. The van der Waals surface area contributed by atoms with E-state index in [-0.39, 0.29) is 41.7 Å². The zero-order valence-corrected chi connectivity index (χ0v) is 30.6. The van der Waals surface area contributed by atoms with Gasteiger partial charge in [-0.3, -0.25) is 32.5 Å². The van der Waals surface area contributed by atoms with E-state index < -0.39 is 84.4 Å². The van der Waals surface area contributed by atoms with Crippen molar-refractivity contribution in [3.05, 3.63) is 12.2 Å². The number of fused-ring (bicyclic) bond motifs is 1. The lowest BCUT2D eigenvalue weighted by atomic mass is 9.87. The molecule has 10 N–H and O–H groups in total. The number of phosphoric ester groups is 3. The number of aromatic nitrogens is 4. The average Bonchev–Trinajstić information content (AvgIpc) is 3.57. The standard InChI is InChI=1S/C23H38N7O17P3S/c1-11(31)19-28-18(24)14-20(29-19)30(10-27-14)22-15(33)16(46-48(36,37)38)12(45-22)8-43-49(39,40)47-50(41,42)44-9-23(2,3)17(34)21(35)26-5-4-13(32)25-6-7-51/h10,12,15-17,22,33-34,51H,4-9H2,1-3H3,(H,25,32)(H,26,35)(H,39,40)(H,41,42)(H2,24,28,29)(H2,36,37,38)/t12-,15-,16-,17?,22-/m1/s1. The Morgan fingerprint density at radius 3 is 2.35 bits per heavy atom. The van der Waals surface area contributed by atoms with Crippen molar-refractivity contribution in [3.8, 4) is 0 Å². The summed E-state index contributed by atoms with van der Waals surface area (Å²) in [7, 11) is -16.5. The van der Waals surface area contributed by atoms with E-state index in [1.54, 1.807) is 0 Å². The number of imidazole rings is 1. The van der Waals surface area contributed by atoms with Crippen LogP contribution in [0.2, 0.25) is 0 Å². The molecular weight excluding hydrogens is 771 g/mol. The highest BCUT2D eigenvalue weighted by Crippen LogP contribution is 2.61. The second kappa shape index (κ2) is 17.1. The number of amides is 2. The first kappa shape index (κ1) is 43.0. The third kappa shape index (κ3) is 12.0. The molecule has 3 heterocycles. The molecule has 0 aromatic carbocycles. The average molecular weight is 810 g/mol. The van der Waals surface area contributed by atoms with E-state index in [2.05, 4.69) is 47.0 Å². The van der Waals surface area contributed by atoms with Gasteiger partial charge >= 0.3 is 23.5 Å². The van der Waals surface area contributed by atoms with Gasteiger partial charge < -0.3 is 50.9 Å². The number of ketones is 1. The van der Waals surface area contributed by atoms with Crippen molar-refractivity contribution in [2.75, 3.05) is 37.8 Å². The number of carbonyl (C=O) groups is 3. The third-order valence-electron chi connectivity index (χ3n) is 6.89. The van der Waals surface area contributed by atoms with Crippen LogP contribution in [0.5, 0.6) is 0 Å². The second-order valence-corrected chi connectivity index (χ2v) is 16.2. The maximum Gasteiger partial charge on any atom is 0.481 e. The molecule has 2 amide bonds. The fourth-order valence-electron chi connectivity index (χ4n) is 4.36. The molecule has 1 aliphatic heterocycles. The molecule has 0 spiro atoms. The third-order valence-corrected chi connectivity index (χ3v) is 10.2. The van der Waals surface area contributed by atoms with Gasteiger partial charge in [0.2, 0.25) is 11.8 Å². The first-order chi connectivity index (χ1) is 23.5. The molecule has 3 unspecified atom stereocenters. The number of nitrogen functional groups attached to an aromatic ring is 1. The summed E-state index contributed by atoms with van der Waals surface area (Å²) in [6.45, 7) is 1.74.